The minimum absolute atomic E-state index is 0.0834. The molecule has 1 fully saturated rings. The predicted octanol–water partition coefficient (Wildman–Crippen LogP) is 4.12. The van der Waals surface area contributed by atoms with Gasteiger partial charge in [-0.2, -0.15) is 0 Å². The smallest absolute Gasteiger partial charge is 0.242 e. The minimum atomic E-state index is -3.62. The van der Waals surface area contributed by atoms with E-state index in [0.29, 0.717) is 23.8 Å². The van der Waals surface area contributed by atoms with Crippen LogP contribution in [0, 0.1) is 0 Å². The van der Waals surface area contributed by atoms with E-state index in [1.54, 1.807) is 43.2 Å². The molecule has 1 aliphatic carbocycles. The summed E-state index contributed by atoms with van der Waals surface area (Å²) in [6.07, 6.45) is 5.60. The van der Waals surface area contributed by atoms with E-state index in [2.05, 4.69) is 5.32 Å². The molecule has 0 aromatic heterocycles. The largest absolute Gasteiger partial charge is 0.497 e. The van der Waals surface area contributed by atoms with E-state index in [1.807, 2.05) is 31.2 Å². The van der Waals surface area contributed by atoms with Crippen LogP contribution in [0.3, 0.4) is 0 Å². The molecule has 0 spiro atoms. The van der Waals surface area contributed by atoms with Crippen molar-refractivity contribution in [2.24, 2.45) is 0 Å². The van der Waals surface area contributed by atoms with E-state index in [1.165, 1.54) is 4.31 Å². The zero-order chi connectivity index (χ0) is 28.4. The van der Waals surface area contributed by atoms with Crippen LogP contribution in [0.2, 0.25) is 0 Å². The number of nitrogens with zero attached hydrogens (tertiary/aromatic N) is 2. The van der Waals surface area contributed by atoms with Gasteiger partial charge in [0.05, 0.1) is 25.7 Å². The summed E-state index contributed by atoms with van der Waals surface area (Å²) >= 11 is 0. The number of benzene rings is 2. The lowest BCUT2D eigenvalue weighted by Crippen LogP contribution is -2.49. The van der Waals surface area contributed by atoms with E-state index in [0.717, 1.165) is 37.5 Å². The van der Waals surface area contributed by atoms with Crippen LogP contribution in [-0.4, -0.2) is 63.7 Å². The fourth-order valence-electron chi connectivity index (χ4n) is 4.83. The lowest BCUT2D eigenvalue weighted by atomic mass is 10.1. The van der Waals surface area contributed by atoms with Crippen LogP contribution < -0.4 is 19.1 Å². The van der Waals surface area contributed by atoms with Gasteiger partial charge in [-0.3, -0.25) is 13.9 Å². The number of carbonyl (C=O) groups excluding carboxylic acids is 2. The number of hydrogen-bond donors (Lipinski definition) is 1. The standard InChI is InChI=1S/C29H41N3O6S/c1-5-38-27-14-9-8-13-26(27)32(39(4,35)36)20-10-15-28(33)31(21-23-16-18-25(37-3)19-17-23)22(2)29(34)30-24-11-6-7-12-24/h8-9,13-14,16-19,22,24H,5-7,10-12,15,20-21H2,1-4H3,(H,30,34). The first kappa shape index (κ1) is 30.3. The van der Waals surface area contributed by atoms with Crippen LogP contribution in [0.1, 0.15) is 57.9 Å². The molecule has 1 unspecified atom stereocenters. The highest BCUT2D eigenvalue weighted by Crippen LogP contribution is 2.30. The Morgan fingerprint density at radius 1 is 1.08 bits per heavy atom. The van der Waals surface area contributed by atoms with E-state index < -0.39 is 16.1 Å². The second-order valence-electron chi connectivity index (χ2n) is 9.88. The maximum atomic E-state index is 13.5. The zero-order valence-electron chi connectivity index (χ0n) is 23.4. The van der Waals surface area contributed by atoms with Crippen LogP contribution in [0.4, 0.5) is 5.69 Å². The highest BCUT2D eigenvalue weighted by Gasteiger charge is 2.29. The molecule has 0 heterocycles. The molecule has 0 bridgehead atoms. The Morgan fingerprint density at radius 2 is 1.74 bits per heavy atom. The number of nitrogens with one attached hydrogen (secondary N) is 1. The molecule has 39 heavy (non-hydrogen) atoms. The molecule has 1 saturated carbocycles. The molecule has 214 valence electrons. The third-order valence-corrected chi connectivity index (χ3v) is 8.15. The first-order valence-corrected chi connectivity index (χ1v) is 15.4. The Bertz CT molecular complexity index is 1200. The van der Waals surface area contributed by atoms with Gasteiger partial charge in [-0.1, -0.05) is 37.1 Å². The van der Waals surface area contributed by atoms with Crippen LogP contribution in [0.5, 0.6) is 11.5 Å². The Morgan fingerprint density at radius 3 is 2.36 bits per heavy atom. The van der Waals surface area contributed by atoms with E-state index in [-0.39, 0.29) is 43.8 Å². The summed E-state index contributed by atoms with van der Waals surface area (Å²) in [5.74, 6) is 0.783. The second-order valence-corrected chi connectivity index (χ2v) is 11.8. The molecule has 10 heteroatoms. The number of anilines is 1. The highest BCUT2D eigenvalue weighted by atomic mass is 32.2. The van der Waals surface area contributed by atoms with E-state index in [4.69, 9.17) is 9.47 Å². The van der Waals surface area contributed by atoms with Gasteiger partial charge in [0.1, 0.15) is 17.5 Å². The average Bonchev–Trinajstić information content (AvgIpc) is 3.42. The van der Waals surface area contributed by atoms with Crippen LogP contribution >= 0.6 is 0 Å². The van der Waals surface area contributed by atoms with Gasteiger partial charge >= 0.3 is 0 Å². The average molecular weight is 560 g/mol. The molecule has 2 amide bonds. The summed E-state index contributed by atoms with van der Waals surface area (Å²) in [5, 5.41) is 3.10. The topological polar surface area (TPSA) is 105 Å². The normalized spacial score (nSPS) is 14.5. The minimum Gasteiger partial charge on any atom is -0.497 e. The van der Waals surface area contributed by atoms with Gasteiger partial charge in [0, 0.05) is 25.6 Å². The van der Waals surface area contributed by atoms with Crippen molar-refractivity contribution in [3.05, 3.63) is 54.1 Å². The molecule has 1 N–H and O–H groups in total. The number of para-hydroxylation sites is 2. The van der Waals surface area contributed by atoms with Gasteiger partial charge in [0.15, 0.2) is 0 Å². The van der Waals surface area contributed by atoms with Gasteiger partial charge in [-0.25, -0.2) is 8.42 Å². The van der Waals surface area contributed by atoms with Crippen molar-refractivity contribution in [2.45, 2.75) is 71.0 Å². The molecule has 1 aliphatic rings. The van der Waals surface area contributed by atoms with E-state index in [9.17, 15) is 18.0 Å². The summed E-state index contributed by atoms with van der Waals surface area (Å²) in [6.45, 7) is 4.33. The van der Waals surface area contributed by atoms with Gasteiger partial charge < -0.3 is 19.7 Å². The van der Waals surface area contributed by atoms with Crippen molar-refractivity contribution in [3.63, 3.8) is 0 Å². The van der Waals surface area contributed by atoms with Crippen LogP contribution in [0.25, 0.3) is 0 Å². The molecule has 2 aromatic rings. The Kier molecular flexibility index (Phi) is 11.0. The van der Waals surface area contributed by atoms with Gasteiger partial charge in [0.2, 0.25) is 21.8 Å². The third-order valence-electron chi connectivity index (χ3n) is 6.97. The number of carbonyl (C=O) groups is 2. The first-order valence-electron chi connectivity index (χ1n) is 13.6. The number of amides is 2. The van der Waals surface area contributed by atoms with Gasteiger partial charge in [0.25, 0.3) is 0 Å². The maximum absolute atomic E-state index is 13.5. The fourth-order valence-corrected chi connectivity index (χ4v) is 5.79. The molecular formula is C29H41N3O6S. The Balaban J connectivity index is 1.74. The summed E-state index contributed by atoms with van der Waals surface area (Å²) in [6, 6.07) is 13.8. The first-order chi connectivity index (χ1) is 18.6. The monoisotopic (exact) mass is 559 g/mol. The molecule has 2 aromatic carbocycles. The molecule has 0 saturated heterocycles. The molecule has 3 rings (SSSR count). The molecule has 0 aliphatic heterocycles. The SMILES string of the molecule is CCOc1ccccc1N(CCCC(=O)N(Cc1ccc(OC)cc1)C(C)C(=O)NC1CCCC1)S(C)(=O)=O. The highest BCUT2D eigenvalue weighted by molar-refractivity contribution is 7.92. The van der Waals surface area contributed by atoms with Crippen LogP contribution in [0.15, 0.2) is 48.5 Å². The van der Waals surface area contributed by atoms with Crippen LogP contribution in [-0.2, 0) is 26.2 Å². The number of sulfonamides is 1. The summed E-state index contributed by atoms with van der Waals surface area (Å²) in [5.41, 5.74) is 1.31. The third kappa shape index (κ3) is 8.61. The number of rotatable bonds is 14. The van der Waals surface area contributed by atoms with Crippen molar-refractivity contribution in [1.29, 1.82) is 0 Å². The van der Waals surface area contributed by atoms with Crippen molar-refractivity contribution in [1.82, 2.24) is 10.2 Å². The quantitative estimate of drug-likeness (QED) is 0.373. The predicted molar refractivity (Wildman–Crippen MR) is 152 cm³/mol. The zero-order valence-corrected chi connectivity index (χ0v) is 24.2. The van der Waals surface area contributed by atoms with Crippen molar-refractivity contribution < 1.29 is 27.5 Å². The molecular weight excluding hydrogens is 518 g/mol. The number of methoxy groups -OCH3 is 1. The van der Waals surface area contributed by atoms with E-state index >= 15 is 0 Å². The molecule has 9 nitrogen and oxygen atoms in total. The van der Waals surface area contributed by atoms with Gasteiger partial charge in [-0.05, 0) is 62.9 Å². The summed E-state index contributed by atoms with van der Waals surface area (Å²) < 4.78 is 37.5. The van der Waals surface area contributed by atoms with Crippen molar-refractivity contribution >= 4 is 27.5 Å². The lowest BCUT2D eigenvalue weighted by Gasteiger charge is -2.30. The summed E-state index contributed by atoms with van der Waals surface area (Å²) in [4.78, 5) is 28.2. The molecule has 1 atom stereocenters. The molecule has 0 radical (unpaired) electrons. The Hall–Kier alpha value is -3.27. The fraction of sp³-hybridized carbons (Fsp3) is 0.517. The second kappa shape index (κ2) is 14.2. The number of hydrogen-bond acceptors (Lipinski definition) is 6. The lowest BCUT2D eigenvalue weighted by molar-refractivity contribution is -0.141. The van der Waals surface area contributed by atoms with Crippen molar-refractivity contribution in [2.75, 3.05) is 30.8 Å². The summed E-state index contributed by atoms with van der Waals surface area (Å²) in [7, 11) is -2.03. The van der Waals surface area contributed by atoms with Gasteiger partial charge in [-0.15, -0.1) is 0 Å². The van der Waals surface area contributed by atoms with Crippen molar-refractivity contribution in [3.8, 4) is 11.5 Å². The Labute approximate surface area is 232 Å². The number of ether oxygens (including phenoxy) is 2. The maximum Gasteiger partial charge on any atom is 0.242 e.